The molecule has 1 aliphatic carbocycles. The van der Waals surface area contributed by atoms with E-state index in [1.54, 1.807) is 13.8 Å². The van der Waals surface area contributed by atoms with Crippen LogP contribution in [-0.2, 0) is 10.2 Å². The number of carbonyl (C=O) groups is 1. The summed E-state index contributed by atoms with van der Waals surface area (Å²) in [6.07, 6.45) is -1.08. The van der Waals surface area contributed by atoms with E-state index >= 15 is 0 Å². The number of fused-ring (bicyclic) bond motifs is 9. The van der Waals surface area contributed by atoms with Gasteiger partial charge in [0.1, 0.15) is 11.5 Å². The Morgan fingerprint density at radius 1 is 0.566 bits per heavy atom. The summed E-state index contributed by atoms with van der Waals surface area (Å²) in [5.41, 5.74) is 7.37. The first-order valence-corrected chi connectivity index (χ1v) is 17.7. The fourth-order valence-electron chi connectivity index (χ4n) is 8.14. The molecule has 0 fully saturated rings. The quantitative estimate of drug-likeness (QED) is 0.0595. The van der Waals surface area contributed by atoms with E-state index < -0.39 is 17.7 Å². The first-order valence-electron chi connectivity index (χ1n) is 17.7. The predicted molar refractivity (Wildman–Crippen MR) is 216 cm³/mol. The number of ether oxygens (including phenoxy) is 2. The third kappa shape index (κ3) is 5.14. The molecule has 0 heterocycles. The molecule has 0 radical (unpaired) electrons. The van der Waals surface area contributed by atoms with E-state index in [1.165, 1.54) is 43.8 Å². The average Bonchev–Trinajstić information content (AvgIpc) is 3.49. The van der Waals surface area contributed by atoms with Gasteiger partial charge in [0.05, 0.1) is 5.41 Å². The summed E-state index contributed by atoms with van der Waals surface area (Å²) in [4.78, 5) is 12.4. The van der Waals surface area contributed by atoms with Crippen LogP contribution in [0, 0.1) is 0 Å². The zero-order valence-electron chi connectivity index (χ0n) is 29.5. The molecule has 9 rings (SSSR count). The minimum absolute atomic E-state index is 0.351. The highest BCUT2D eigenvalue weighted by molar-refractivity contribution is 6.07. The lowest BCUT2D eigenvalue weighted by molar-refractivity contribution is -0.130. The number of aliphatic hydroxyl groups excluding tert-OH is 1. The fraction of sp³-hybridized carbons (Fsp3) is 0.0816. The average molecular weight is 689 g/mol. The van der Waals surface area contributed by atoms with E-state index in [0.717, 1.165) is 32.7 Å². The van der Waals surface area contributed by atoms with E-state index in [2.05, 4.69) is 128 Å². The summed E-state index contributed by atoms with van der Waals surface area (Å²) in [6.45, 7) is 10.9. The summed E-state index contributed by atoms with van der Waals surface area (Å²) in [6, 6.07) is 51.5. The van der Waals surface area contributed by atoms with Crippen molar-refractivity contribution in [3.05, 3.63) is 192 Å². The molecule has 1 aliphatic rings. The summed E-state index contributed by atoms with van der Waals surface area (Å²) in [7, 11) is 0. The number of benzene rings is 8. The second-order valence-electron chi connectivity index (χ2n) is 14.1. The van der Waals surface area contributed by atoms with E-state index in [4.69, 9.17) is 9.47 Å². The van der Waals surface area contributed by atoms with Gasteiger partial charge in [-0.05, 0) is 132 Å². The Kier molecular flexibility index (Phi) is 7.54. The minimum atomic E-state index is -1.08. The molecule has 8 aromatic carbocycles. The van der Waals surface area contributed by atoms with Crippen LogP contribution >= 0.6 is 0 Å². The predicted octanol–water partition coefficient (Wildman–Crippen LogP) is 11.4. The molecule has 0 aliphatic heterocycles. The van der Waals surface area contributed by atoms with E-state index in [-0.39, 0.29) is 0 Å². The molecule has 1 atom stereocenters. The Balaban J connectivity index is 1.36. The van der Waals surface area contributed by atoms with Gasteiger partial charge in [-0.25, -0.2) is 4.79 Å². The summed E-state index contributed by atoms with van der Waals surface area (Å²) >= 11 is 0. The molecule has 256 valence electrons. The maximum absolute atomic E-state index is 12.4. The van der Waals surface area contributed by atoms with Crippen LogP contribution in [0.1, 0.15) is 36.1 Å². The van der Waals surface area contributed by atoms with Crippen molar-refractivity contribution in [2.75, 3.05) is 0 Å². The Labute approximate surface area is 307 Å². The topological polar surface area (TPSA) is 55.8 Å². The second-order valence-corrected chi connectivity index (χ2v) is 14.1. The van der Waals surface area contributed by atoms with Crippen molar-refractivity contribution in [2.45, 2.75) is 25.6 Å². The van der Waals surface area contributed by atoms with Gasteiger partial charge >= 0.3 is 5.97 Å². The minimum Gasteiger partial charge on any atom is -0.461 e. The van der Waals surface area contributed by atoms with Crippen molar-refractivity contribution in [1.29, 1.82) is 0 Å². The highest BCUT2D eigenvalue weighted by Gasteiger charge is 2.48. The van der Waals surface area contributed by atoms with Crippen LogP contribution in [0.2, 0.25) is 0 Å². The van der Waals surface area contributed by atoms with Crippen LogP contribution in [0.5, 0.6) is 11.5 Å². The Morgan fingerprint density at radius 3 is 1.55 bits per heavy atom. The molecule has 0 aromatic heterocycles. The molecule has 0 saturated carbocycles. The molecule has 1 unspecified atom stereocenters. The van der Waals surface area contributed by atoms with Gasteiger partial charge in [0, 0.05) is 5.57 Å². The number of aliphatic hydroxyl groups is 1. The largest absolute Gasteiger partial charge is 0.461 e. The highest BCUT2D eigenvalue weighted by Crippen LogP contribution is 2.60. The maximum atomic E-state index is 12.4. The zero-order valence-corrected chi connectivity index (χ0v) is 29.5. The third-order valence-electron chi connectivity index (χ3n) is 10.6. The van der Waals surface area contributed by atoms with Crippen molar-refractivity contribution in [3.8, 4) is 22.6 Å². The molecule has 8 aromatic rings. The standard InChI is InChI=1S/C49H36O4/c1-29(2)47(50)52-39-21-15-33-25-37(19-13-35(33)27-39)49(38-20-14-36-28-40(22-16-34(36)26-38)53-48(51)30(3)4)45-41-11-7-5-9-31(41)17-23-43(45)44-24-18-32-10-6-8-12-42(32)46(44)49/h5-28,47,50H,1,3H2,2,4H3. The molecule has 4 nitrogen and oxygen atoms in total. The molecule has 0 saturated heterocycles. The monoisotopic (exact) mass is 688 g/mol. The number of esters is 1. The number of hydrogen-bond acceptors (Lipinski definition) is 4. The number of hydrogen-bond donors (Lipinski definition) is 1. The Morgan fingerprint density at radius 2 is 1.02 bits per heavy atom. The van der Waals surface area contributed by atoms with Gasteiger partial charge in [0.2, 0.25) is 6.29 Å². The SMILES string of the molecule is C=C(C)C(=O)Oc1ccc2cc(C3(c4ccc5cc(OC(O)C(=C)C)ccc5c4)c4c(ccc5ccccc45)-c4ccc5ccccc5c43)ccc2c1. The van der Waals surface area contributed by atoms with Crippen LogP contribution in [0.25, 0.3) is 54.2 Å². The smallest absolute Gasteiger partial charge is 0.338 e. The van der Waals surface area contributed by atoms with Gasteiger partial charge in [-0.3, -0.25) is 0 Å². The lowest BCUT2D eigenvalue weighted by Crippen LogP contribution is -2.29. The summed E-state index contributed by atoms with van der Waals surface area (Å²) in [5, 5.41) is 19.2. The van der Waals surface area contributed by atoms with Crippen molar-refractivity contribution < 1.29 is 19.4 Å². The molecule has 0 bridgehead atoms. The summed E-state index contributed by atoms with van der Waals surface area (Å²) < 4.78 is 11.4. The van der Waals surface area contributed by atoms with E-state index in [1.807, 2.05) is 30.3 Å². The van der Waals surface area contributed by atoms with Gasteiger partial charge in [0.15, 0.2) is 0 Å². The van der Waals surface area contributed by atoms with Gasteiger partial charge in [-0.15, -0.1) is 0 Å². The third-order valence-corrected chi connectivity index (χ3v) is 10.6. The molecule has 0 amide bonds. The lowest BCUT2D eigenvalue weighted by Gasteiger charge is -2.36. The van der Waals surface area contributed by atoms with Crippen molar-refractivity contribution in [3.63, 3.8) is 0 Å². The number of rotatable bonds is 7. The summed E-state index contributed by atoms with van der Waals surface area (Å²) in [5.74, 6) is 0.613. The first-order chi connectivity index (χ1) is 25.7. The van der Waals surface area contributed by atoms with Crippen molar-refractivity contribution in [1.82, 2.24) is 0 Å². The first kappa shape index (κ1) is 32.4. The second kappa shape index (κ2) is 12.3. The van der Waals surface area contributed by atoms with E-state index in [0.29, 0.717) is 22.6 Å². The van der Waals surface area contributed by atoms with Crippen molar-refractivity contribution in [2.24, 2.45) is 0 Å². The van der Waals surface area contributed by atoms with Crippen LogP contribution in [0.15, 0.2) is 170 Å². The molecule has 4 heteroatoms. The molecule has 1 N–H and O–H groups in total. The van der Waals surface area contributed by atoms with Gasteiger partial charge < -0.3 is 14.6 Å². The lowest BCUT2D eigenvalue weighted by atomic mass is 9.65. The van der Waals surface area contributed by atoms with Gasteiger partial charge in [-0.2, -0.15) is 0 Å². The van der Waals surface area contributed by atoms with Crippen LogP contribution < -0.4 is 9.47 Å². The van der Waals surface area contributed by atoms with Crippen molar-refractivity contribution >= 4 is 49.1 Å². The number of carbonyl (C=O) groups excluding carboxylic acids is 1. The molecular formula is C49H36O4. The molecule has 0 spiro atoms. The maximum Gasteiger partial charge on any atom is 0.338 e. The normalized spacial score (nSPS) is 13.5. The molecule has 53 heavy (non-hydrogen) atoms. The highest BCUT2D eigenvalue weighted by atomic mass is 16.6. The van der Waals surface area contributed by atoms with Gasteiger partial charge in [-0.1, -0.05) is 122 Å². The Hall–Kier alpha value is -6.49. The van der Waals surface area contributed by atoms with Crippen LogP contribution in [-0.4, -0.2) is 17.4 Å². The molecular weight excluding hydrogens is 653 g/mol. The van der Waals surface area contributed by atoms with Crippen LogP contribution in [0.3, 0.4) is 0 Å². The fourth-order valence-corrected chi connectivity index (χ4v) is 8.14. The Bertz CT molecular complexity index is 2760. The van der Waals surface area contributed by atoms with Gasteiger partial charge in [0.25, 0.3) is 0 Å². The van der Waals surface area contributed by atoms with E-state index in [9.17, 15) is 9.90 Å². The van der Waals surface area contributed by atoms with Crippen LogP contribution in [0.4, 0.5) is 0 Å². The zero-order chi connectivity index (χ0) is 36.4.